The highest BCUT2D eigenvalue weighted by Crippen LogP contribution is 2.41. The molecule has 8 heteroatoms. The molecule has 0 unspecified atom stereocenters. The second kappa shape index (κ2) is 7.38. The molecule has 0 aliphatic carbocycles. The second-order valence-corrected chi connectivity index (χ2v) is 6.62. The van der Waals surface area contributed by atoms with Gasteiger partial charge in [0.25, 0.3) is 0 Å². The first kappa shape index (κ1) is 18.7. The van der Waals surface area contributed by atoms with Crippen molar-refractivity contribution < 1.29 is 24.1 Å². The number of nitrogens with zero attached hydrogens (tertiary/aromatic N) is 2. The van der Waals surface area contributed by atoms with Crippen molar-refractivity contribution in [2.75, 3.05) is 26.6 Å². The number of carbonyl (C=O) groups excluding carboxylic acids is 1. The van der Waals surface area contributed by atoms with E-state index in [1.165, 1.54) is 7.11 Å². The number of benzene rings is 2. The number of phenolic OH excluding ortho intramolecular Hbond substituents is 1. The van der Waals surface area contributed by atoms with Crippen LogP contribution in [-0.2, 0) is 4.79 Å². The number of imidazole rings is 1. The van der Waals surface area contributed by atoms with E-state index in [9.17, 15) is 9.90 Å². The number of aromatic hydroxyl groups is 1. The molecule has 3 aromatic rings. The maximum Gasteiger partial charge on any atom is 0.226 e. The first-order chi connectivity index (χ1) is 14.0. The van der Waals surface area contributed by atoms with Gasteiger partial charge in [-0.1, -0.05) is 6.07 Å². The summed E-state index contributed by atoms with van der Waals surface area (Å²) in [5.41, 5.74) is 2.18. The maximum absolute atomic E-state index is 12.5. The van der Waals surface area contributed by atoms with Crippen molar-refractivity contribution in [3.63, 3.8) is 0 Å². The highest BCUT2D eigenvalue weighted by Gasteiger charge is 2.32. The average Bonchev–Trinajstić information content (AvgIpc) is 3.16. The Labute approximate surface area is 167 Å². The minimum atomic E-state index is -0.298. The molecule has 2 N–H and O–H groups in total. The van der Waals surface area contributed by atoms with Gasteiger partial charge in [0.1, 0.15) is 23.6 Å². The minimum Gasteiger partial charge on any atom is -0.504 e. The van der Waals surface area contributed by atoms with Gasteiger partial charge in [0.05, 0.1) is 32.7 Å². The van der Waals surface area contributed by atoms with Crippen LogP contribution in [0.5, 0.6) is 23.0 Å². The first-order valence-corrected chi connectivity index (χ1v) is 9.02. The Morgan fingerprint density at radius 1 is 1.07 bits per heavy atom. The summed E-state index contributed by atoms with van der Waals surface area (Å²) in [5.74, 6) is 1.79. The minimum absolute atomic E-state index is 0.0198. The first-order valence-electron chi connectivity index (χ1n) is 9.02. The number of phenols is 1. The number of ether oxygens (including phenoxy) is 3. The third-order valence-electron chi connectivity index (χ3n) is 5.02. The van der Waals surface area contributed by atoms with Crippen LogP contribution in [0.25, 0.3) is 5.69 Å². The van der Waals surface area contributed by atoms with Crippen LogP contribution in [0.1, 0.15) is 23.6 Å². The molecule has 0 bridgehead atoms. The number of carbonyl (C=O) groups is 1. The fourth-order valence-corrected chi connectivity index (χ4v) is 3.57. The molecule has 1 amide bonds. The van der Waals surface area contributed by atoms with Crippen LogP contribution in [-0.4, -0.2) is 41.9 Å². The van der Waals surface area contributed by atoms with E-state index in [1.54, 1.807) is 49.4 Å². The molecule has 1 atom stereocenters. The van der Waals surface area contributed by atoms with E-state index in [-0.39, 0.29) is 24.0 Å². The molecule has 4 rings (SSSR count). The Kier molecular flexibility index (Phi) is 4.75. The number of methoxy groups -OCH3 is 3. The number of aromatic nitrogens is 2. The quantitative estimate of drug-likeness (QED) is 0.689. The summed E-state index contributed by atoms with van der Waals surface area (Å²) >= 11 is 0. The second-order valence-electron chi connectivity index (χ2n) is 6.62. The lowest BCUT2D eigenvalue weighted by Gasteiger charge is -2.24. The zero-order valence-electron chi connectivity index (χ0n) is 16.3. The zero-order valence-corrected chi connectivity index (χ0v) is 16.3. The Hall–Kier alpha value is -3.68. The van der Waals surface area contributed by atoms with Gasteiger partial charge >= 0.3 is 0 Å². The summed E-state index contributed by atoms with van der Waals surface area (Å²) in [6.07, 6.45) is 1.87. The van der Waals surface area contributed by atoms with Gasteiger partial charge in [-0.15, -0.1) is 0 Å². The number of rotatable bonds is 5. The monoisotopic (exact) mass is 395 g/mol. The number of fused-ring (bicyclic) bond motifs is 1. The molecule has 0 fully saturated rings. The van der Waals surface area contributed by atoms with Crippen molar-refractivity contribution in [3.05, 3.63) is 54.0 Å². The van der Waals surface area contributed by atoms with Crippen LogP contribution in [0.15, 0.2) is 42.7 Å². The number of hydrogen-bond acceptors (Lipinski definition) is 6. The largest absolute Gasteiger partial charge is 0.504 e. The van der Waals surface area contributed by atoms with Gasteiger partial charge in [0, 0.05) is 18.4 Å². The van der Waals surface area contributed by atoms with Gasteiger partial charge in [0.2, 0.25) is 5.91 Å². The molecule has 2 heterocycles. The van der Waals surface area contributed by atoms with Crippen LogP contribution < -0.4 is 19.5 Å². The summed E-state index contributed by atoms with van der Waals surface area (Å²) in [7, 11) is 4.66. The fourth-order valence-electron chi connectivity index (χ4n) is 3.57. The molecule has 0 saturated carbocycles. The average molecular weight is 395 g/mol. The molecule has 1 aliphatic rings. The third kappa shape index (κ3) is 3.22. The van der Waals surface area contributed by atoms with Crippen LogP contribution in [0, 0.1) is 0 Å². The van der Waals surface area contributed by atoms with Crippen LogP contribution in [0.3, 0.4) is 0 Å². The summed E-state index contributed by atoms with van der Waals surface area (Å²) < 4.78 is 17.7. The molecule has 1 aliphatic heterocycles. The molecule has 1 aromatic heterocycles. The number of amides is 1. The predicted molar refractivity (Wildman–Crippen MR) is 106 cm³/mol. The number of anilines is 1. The van der Waals surface area contributed by atoms with Crippen molar-refractivity contribution in [2.45, 2.75) is 12.3 Å². The van der Waals surface area contributed by atoms with E-state index in [0.29, 0.717) is 34.4 Å². The standard InChI is InChI=1S/C21H21N3O5/c1-27-13-5-7-17(28-2)15(9-13)24-11-22-20-14(10-19(26)23-21(20)24)12-4-6-18(29-3)16(25)8-12/h4-9,11,14,25H,10H2,1-3H3,(H,23,26)/t14-/m0/s1. The number of nitrogens with one attached hydrogen (secondary N) is 1. The molecule has 0 radical (unpaired) electrons. The van der Waals surface area contributed by atoms with E-state index >= 15 is 0 Å². The van der Waals surface area contributed by atoms with Gasteiger partial charge in [-0.25, -0.2) is 4.98 Å². The zero-order chi connectivity index (χ0) is 20.5. The molecule has 8 nitrogen and oxygen atoms in total. The lowest BCUT2D eigenvalue weighted by molar-refractivity contribution is -0.116. The van der Waals surface area contributed by atoms with Gasteiger partial charge in [0.15, 0.2) is 11.5 Å². The van der Waals surface area contributed by atoms with E-state index in [0.717, 1.165) is 5.56 Å². The van der Waals surface area contributed by atoms with E-state index in [4.69, 9.17) is 14.2 Å². The normalized spacial score (nSPS) is 15.4. The van der Waals surface area contributed by atoms with E-state index < -0.39 is 0 Å². The van der Waals surface area contributed by atoms with Crippen molar-refractivity contribution >= 4 is 11.7 Å². The van der Waals surface area contributed by atoms with Crippen LogP contribution in [0.2, 0.25) is 0 Å². The van der Waals surface area contributed by atoms with Crippen molar-refractivity contribution in [1.82, 2.24) is 9.55 Å². The van der Waals surface area contributed by atoms with Gasteiger partial charge in [-0.05, 0) is 29.8 Å². The smallest absolute Gasteiger partial charge is 0.226 e. The molecule has 150 valence electrons. The summed E-state index contributed by atoms with van der Waals surface area (Å²) in [5, 5.41) is 13.1. The lowest BCUT2D eigenvalue weighted by Crippen LogP contribution is -2.25. The molecular weight excluding hydrogens is 374 g/mol. The Balaban J connectivity index is 1.82. The maximum atomic E-state index is 12.5. The highest BCUT2D eigenvalue weighted by atomic mass is 16.5. The molecule has 2 aromatic carbocycles. The molecule has 0 saturated heterocycles. The highest BCUT2D eigenvalue weighted by molar-refractivity contribution is 5.94. The molecular formula is C21H21N3O5. The van der Waals surface area contributed by atoms with Gasteiger partial charge in [-0.3, -0.25) is 9.36 Å². The van der Waals surface area contributed by atoms with Crippen molar-refractivity contribution in [1.29, 1.82) is 0 Å². The lowest BCUT2D eigenvalue weighted by atomic mass is 9.89. The fraction of sp³-hybridized carbons (Fsp3) is 0.238. The Bertz CT molecular complexity index is 1080. The summed E-state index contributed by atoms with van der Waals surface area (Å²) in [6.45, 7) is 0. The SMILES string of the molecule is COc1ccc(OC)c(-n2cnc3c2NC(=O)C[C@H]3c2ccc(OC)c(O)c2)c1. The summed E-state index contributed by atoms with van der Waals surface area (Å²) in [6, 6.07) is 10.5. The number of hydrogen-bond donors (Lipinski definition) is 2. The van der Waals surface area contributed by atoms with Gasteiger partial charge < -0.3 is 24.6 Å². The summed E-state index contributed by atoms with van der Waals surface area (Å²) in [4.78, 5) is 17.0. The predicted octanol–water partition coefficient (Wildman–Crippen LogP) is 3.08. The topological polar surface area (TPSA) is 94.8 Å². The van der Waals surface area contributed by atoms with E-state index in [1.807, 2.05) is 12.1 Å². The van der Waals surface area contributed by atoms with Gasteiger partial charge in [-0.2, -0.15) is 0 Å². The van der Waals surface area contributed by atoms with Crippen LogP contribution in [0.4, 0.5) is 5.82 Å². The van der Waals surface area contributed by atoms with Crippen LogP contribution >= 0.6 is 0 Å². The Morgan fingerprint density at radius 3 is 2.52 bits per heavy atom. The Morgan fingerprint density at radius 2 is 1.83 bits per heavy atom. The molecule has 0 spiro atoms. The molecule has 29 heavy (non-hydrogen) atoms. The third-order valence-corrected chi connectivity index (χ3v) is 5.02. The van der Waals surface area contributed by atoms with Crippen molar-refractivity contribution in [3.8, 4) is 28.7 Å². The van der Waals surface area contributed by atoms with E-state index in [2.05, 4.69) is 10.3 Å². The van der Waals surface area contributed by atoms with Crippen molar-refractivity contribution in [2.24, 2.45) is 0 Å².